The van der Waals surface area contributed by atoms with Crippen molar-refractivity contribution in [3.8, 4) is 0 Å². The van der Waals surface area contributed by atoms with Crippen molar-refractivity contribution >= 4 is 27.0 Å². The first-order chi connectivity index (χ1) is 9.68. The Kier molecular flexibility index (Phi) is 4.30. The van der Waals surface area contributed by atoms with Gasteiger partial charge in [-0.3, -0.25) is 0 Å². The van der Waals surface area contributed by atoms with Crippen LogP contribution in [0.5, 0.6) is 0 Å². The zero-order valence-corrected chi connectivity index (χ0v) is 12.1. The average Bonchev–Trinajstić information content (AvgIpc) is 2.98. The highest BCUT2D eigenvalue weighted by Crippen LogP contribution is 2.29. The number of nitrogen functional groups attached to an aromatic ring is 1. The molecule has 0 unspecified atom stereocenters. The Labute approximate surface area is 122 Å². The van der Waals surface area contributed by atoms with Gasteiger partial charge in [0.15, 0.2) is 0 Å². The molecule has 0 aromatic carbocycles. The second-order valence-corrected chi connectivity index (χ2v) is 7.24. The Hall–Kier alpha value is -1.52. The maximum atomic E-state index is 12.6. The van der Waals surface area contributed by atoms with Crippen LogP contribution in [0.1, 0.15) is 5.76 Å². The minimum absolute atomic E-state index is 0.118. The molecule has 0 radical (unpaired) electrons. The van der Waals surface area contributed by atoms with Gasteiger partial charge in [0.1, 0.15) is 16.5 Å². The van der Waals surface area contributed by atoms with Gasteiger partial charge in [-0.15, -0.1) is 11.3 Å². The average molecular weight is 340 g/mol. The highest BCUT2D eigenvalue weighted by Gasteiger charge is 2.38. The van der Waals surface area contributed by atoms with E-state index in [9.17, 15) is 21.6 Å². The van der Waals surface area contributed by atoms with Crippen LogP contribution in [0.3, 0.4) is 0 Å². The molecule has 2 N–H and O–H groups in total. The van der Waals surface area contributed by atoms with Crippen molar-refractivity contribution in [2.24, 2.45) is 0 Å². The molecule has 0 fully saturated rings. The fourth-order valence-electron chi connectivity index (χ4n) is 1.59. The van der Waals surface area contributed by atoms with Crippen LogP contribution < -0.4 is 5.73 Å². The van der Waals surface area contributed by atoms with Crippen LogP contribution in [-0.4, -0.2) is 25.4 Å². The fourth-order valence-corrected chi connectivity index (χ4v) is 4.22. The molecular weight excluding hydrogens is 329 g/mol. The van der Waals surface area contributed by atoms with E-state index in [4.69, 9.17) is 10.2 Å². The second kappa shape index (κ2) is 5.70. The first-order valence-corrected chi connectivity index (χ1v) is 7.94. The summed E-state index contributed by atoms with van der Waals surface area (Å²) >= 11 is 0.771. The van der Waals surface area contributed by atoms with Crippen molar-refractivity contribution in [3.63, 3.8) is 0 Å². The van der Waals surface area contributed by atoms with Crippen molar-refractivity contribution in [2.75, 3.05) is 12.3 Å². The molecule has 116 valence electrons. The largest absolute Gasteiger partial charge is 0.468 e. The molecule has 10 heteroatoms. The van der Waals surface area contributed by atoms with Crippen molar-refractivity contribution in [2.45, 2.75) is 16.9 Å². The number of halogens is 3. The number of furan rings is 1. The summed E-state index contributed by atoms with van der Waals surface area (Å²) in [6.45, 7) is -2.11. The molecule has 2 aromatic heterocycles. The molecular formula is C11H11F3N2O3S2. The zero-order valence-electron chi connectivity index (χ0n) is 10.5. The van der Waals surface area contributed by atoms with E-state index < -0.39 is 29.3 Å². The Bertz CT molecular complexity index is 693. The van der Waals surface area contributed by atoms with E-state index in [1.165, 1.54) is 23.8 Å². The Morgan fingerprint density at radius 2 is 2.10 bits per heavy atom. The summed E-state index contributed by atoms with van der Waals surface area (Å²) in [4.78, 5) is 0. The number of alkyl halides is 3. The van der Waals surface area contributed by atoms with E-state index in [1.807, 2.05) is 0 Å². The van der Waals surface area contributed by atoms with E-state index in [0.29, 0.717) is 4.31 Å². The van der Waals surface area contributed by atoms with E-state index >= 15 is 0 Å². The number of nitrogens with two attached hydrogens (primary N) is 1. The number of hydrogen-bond donors (Lipinski definition) is 1. The van der Waals surface area contributed by atoms with Gasteiger partial charge in [0.05, 0.1) is 12.8 Å². The van der Waals surface area contributed by atoms with Gasteiger partial charge in [-0.2, -0.15) is 17.5 Å². The van der Waals surface area contributed by atoms with Crippen molar-refractivity contribution in [1.82, 2.24) is 4.31 Å². The Morgan fingerprint density at radius 3 is 2.57 bits per heavy atom. The summed E-state index contributed by atoms with van der Waals surface area (Å²) in [6, 6.07) is 4.00. The van der Waals surface area contributed by atoms with Gasteiger partial charge in [-0.1, -0.05) is 0 Å². The first-order valence-electron chi connectivity index (χ1n) is 5.62. The summed E-state index contributed by atoms with van der Waals surface area (Å²) in [5, 5.41) is 1.35. The molecule has 5 nitrogen and oxygen atoms in total. The van der Waals surface area contributed by atoms with Crippen LogP contribution in [0, 0.1) is 0 Å². The molecule has 2 aromatic rings. The molecule has 0 aliphatic rings. The summed E-state index contributed by atoms with van der Waals surface area (Å²) in [5.41, 5.74) is 5.61. The van der Waals surface area contributed by atoms with Crippen LogP contribution in [0.4, 0.5) is 18.9 Å². The quantitative estimate of drug-likeness (QED) is 0.908. The molecule has 0 saturated heterocycles. The maximum absolute atomic E-state index is 12.6. The molecule has 21 heavy (non-hydrogen) atoms. The standard InChI is InChI=1S/C11H11F3N2O3S2/c12-11(13,14)7-16(5-9-2-1-3-19-9)21(17,18)10-4-8(15)6-20-10/h1-4,6H,5,7,15H2. The minimum atomic E-state index is -4.66. The van der Waals surface area contributed by atoms with E-state index in [1.54, 1.807) is 0 Å². The SMILES string of the molecule is Nc1csc(S(=O)(=O)N(Cc2ccco2)CC(F)(F)F)c1. The molecule has 0 bridgehead atoms. The third kappa shape index (κ3) is 3.99. The van der Waals surface area contributed by atoms with Gasteiger partial charge < -0.3 is 10.2 Å². The lowest BCUT2D eigenvalue weighted by Gasteiger charge is -2.21. The minimum Gasteiger partial charge on any atom is -0.468 e. The summed E-state index contributed by atoms with van der Waals surface area (Å²) in [6.07, 6.45) is -3.40. The van der Waals surface area contributed by atoms with Gasteiger partial charge in [0.2, 0.25) is 0 Å². The summed E-state index contributed by atoms with van der Waals surface area (Å²) < 4.78 is 67.5. The van der Waals surface area contributed by atoms with Crippen molar-refractivity contribution in [1.29, 1.82) is 0 Å². The fraction of sp³-hybridized carbons (Fsp3) is 0.273. The van der Waals surface area contributed by atoms with Crippen LogP contribution in [-0.2, 0) is 16.6 Å². The lowest BCUT2D eigenvalue weighted by Crippen LogP contribution is -2.38. The third-order valence-corrected chi connectivity index (χ3v) is 5.68. The second-order valence-electron chi connectivity index (χ2n) is 4.17. The lowest BCUT2D eigenvalue weighted by molar-refractivity contribution is -0.137. The van der Waals surface area contributed by atoms with Gasteiger partial charge in [-0.25, -0.2) is 8.42 Å². The number of sulfonamides is 1. The summed E-state index contributed by atoms with van der Waals surface area (Å²) in [7, 11) is -4.30. The highest BCUT2D eigenvalue weighted by molar-refractivity contribution is 7.91. The summed E-state index contributed by atoms with van der Waals surface area (Å²) in [5.74, 6) is 0.118. The number of thiophene rings is 1. The molecule has 2 heterocycles. The number of anilines is 1. The van der Waals surface area contributed by atoms with Crippen LogP contribution >= 0.6 is 11.3 Å². The molecule has 0 amide bonds. The molecule has 0 aliphatic carbocycles. The molecule has 0 atom stereocenters. The number of rotatable bonds is 5. The normalized spacial score (nSPS) is 13.0. The molecule has 2 rings (SSSR count). The van der Waals surface area contributed by atoms with Gasteiger partial charge >= 0.3 is 6.18 Å². The Balaban J connectivity index is 2.34. The first kappa shape index (κ1) is 15.9. The highest BCUT2D eigenvalue weighted by atomic mass is 32.2. The maximum Gasteiger partial charge on any atom is 0.402 e. The predicted octanol–water partition coefficient (Wildman–Crippen LogP) is 2.68. The number of hydrogen-bond acceptors (Lipinski definition) is 5. The predicted molar refractivity (Wildman–Crippen MR) is 71.1 cm³/mol. The van der Waals surface area contributed by atoms with Crippen molar-refractivity contribution in [3.05, 3.63) is 35.6 Å². The smallest absolute Gasteiger partial charge is 0.402 e. The van der Waals surface area contributed by atoms with Crippen LogP contribution in [0.25, 0.3) is 0 Å². The molecule has 0 saturated carbocycles. The van der Waals surface area contributed by atoms with Crippen LogP contribution in [0.15, 0.2) is 38.5 Å². The lowest BCUT2D eigenvalue weighted by atomic mass is 10.4. The number of nitrogens with zero attached hydrogens (tertiary/aromatic N) is 1. The molecule has 0 aliphatic heterocycles. The van der Waals surface area contributed by atoms with E-state index in [0.717, 1.165) is 17.4 Å². The van der Waals surface area contributed by atoms with Crippen molar-refractivity contribution < 1.29 is 26.0 Å². The van der Waals surface area contributed by atoms with E-state index in [2.05, 4.69) is 0 Å². The van der Waals surface area contributed by atoms with Gasteiger partial charge in [-0.05, 0) is 18.2 Å². The zero-order chi connectivity index (χ0) is 15.7. The van der Waals surface area contributed by atoms with Crippen LogP contribution in [0.2, 0.25) is 0 Å². The van der Waals surface area contributed by atoms with Gasteiger partial charge in [0, 0.05) is 11.1 Å². The topological polar surface area (TPSA) is 76.5 Å². The third-order valence-electron chi connectivity index (χ3n) is 2.46. The van der Waals surface area contributed by atoms with E-state index in [-0.39, 0.29) is 15.7 Å². The van der Waals surface area contributed by atoms with Gasteiger partial charge in [0.25, 0.3) is 10.0 Å². The monoisotopic (exact) mass is 340 g/mol. The Morgan fingerprint density at radius 1 is 1.38 bits per heavy atom. The molecule has 0 spiro atoms.